The van der Waals surface area contributed by atoms with Crippen molar-refractivity contribution >= 4 is 10.9 Å². The predicted octanol–water partition coefficient (Wildman–Crippen LogP) is 1.81. The summed E-state index contributed by atoms with van der Waals surface area (Å²) in [6, 6.07) is 5.84. The van der Waals surface area contributed by atoms with E-state index in [1.165, 1.54) is 24.4 Å². The third-order valence-electron chi connectivity index (χ3n) is 2.81. The van der Waals surface area contributed by atoms with Crippen LogP contribution in [0.5, 0.6) is 0 Å². The molecular weight excluding hydrogens is 266 g/mol. The lowest BCUT2D eigenvalue weighted by molar-refractivity contribution is -0.605. The van der Waals surface area contributed by atoms with E-state index in [1.807, 2.05) is 6.07 Å². The average molecular weight is 272 g/mol. The first kappa shape index (κ1) is 12.0. The average Bonchev–Trinajstić information content (AvgIpc) is 2.81. The van der Waals surface area contributed by atoms with Gasteiger partial charge in [-0.2, -0.15) is 19.5 Å². The topological polar surface area (TPSA) is 68.5 Å². The first-order valence-electron chi connectivity index (χ1n) is 5.57. The van der Waals surface area contributed by atoms with E-state index in [1.54, 1.807) is 0 Å². The minimum absolute atomic E-state index is 0.0632. The van der Waals surface area contributed by atoms with Gasteiger partial charge in [-0.3, -0.25) is 0 Å². The zero-order chi connectivity index (χ0) is 14.3. The van der Waals surface area contributed by atoms with Crippen LogP contribution in [-0.2, 0) is 0 Å². The van der Waals surface area contributed by atoms with E-state index in [-0.39, 0.29) is 22.2 Å². The number of halogens is 2. The third-order valence-corrected chi connectivity index (χ3v) is 2.81. The molecule has 0 bridgehead atoms. The molecule has 5 nitrogen and oxygen atoms in total. The van der Waals surface area contributed by atoms with Crippen molar-refractivity contribution < 1.29 is 13.5 Å². The zero-order valence-corrected chi connectivity index (χ0v) is 9.92. The molecule has 0 N–H and O–H groups in total. The fourth-order valence-corrected chi connectivity index (χ4v) is 1.97. The summed E-state index contributed by atoms with van der Waals surface area (Å²) in [5.74, 6) is -1.47. The highest BCUT2D eigenvalue weighted by Crippen LogP contribution is 2.21. The highest BCUT2D eigenvalue weighted by atomic mass is 19.1. The van der Waals surface area contributed by atoms with E-state index in [4.69, 9.17) is 5.26 Å². The van der Waals surface area contributed by atoms with E-state index in [2.05, 4.69) is 5.10 Å². The maximum atomic E-state index is 13.9. The number of benzene rings is 1. The molecule has 3 rings (SSSR count). The molecule has 0 radical (unpaired) electrons. The summed E-state index contributed by atoms with van der Waals surface area (Å²) in [6.07, 6.45) is 3.15. The van der Waals surface area contributed by atoms with Gasteiger partial charge in [0.2, 0.25) is 12.0 Å². The van der Waals surface area contributed by atoms with Crippen molar-refractivity contribution in [2.24, 2.45) is 0 Å². The van der Waals surface area contributed by atoms with Gasteiger partial charge in [-0.25, -0.2) is 9.07 Å². The van der Waals surface area contributed by atoms with Crippen molar-refractivity contribution in [3.05, 3.63) is 59.2 Å². The molecule has 0 aliphatic rings. The van der Waals surface area contributed by atoms with Crippen LogP contribution in [0.4, 0.5) is 8.78 Å². The summed E-state index contributed by atoms with van der Waals surface area (Å²) in [7, 11) is 0. The molecular formula is C13H6F2N4O. The Bertz CT molecular complexity index is 867. The standard InChI is InChI=1S/C13H6F2N4O/c14-10-3-1-2-8(4-16)13(10)19-6-9-5-18(20)7-11(15)12(9)17-19/h1-3,5-7H. The second-order valence-electron chi connectivity index (χ2n) is 4.09. The first-order chi connectivity index (χ1) is 9.60. The monoisotopic (exact) mass is 272 g/mol. The number of para-hydroxylation sites is 1. The Morgan fingerprint density at radius 3 is 2.80 bits per heavy atom. The molecule has 0 atom stereocenters. The van der Waals surface area contributed by atoms with Crippen molar-refractivity contribution in [3.8, 4) is 11.8 Å². The molecule has 0 unspecified atom stereocenters. The molecule has 0 saturated carbocycles. The van der Waals surface area contributed by atoms with Crippen molar-refractivity contribution in [1.82, 2.24) is 9.78 Å². The van der Waals surface area contributed by atoms with Gasteiger partial charge < -0.3 is 5.21 Å². The van der Waals surface area contributed by atoms with Gasteiger partial charge in [0.25, 0.3) is 0 Å². The molecule has 0 amide bonds. The maximum Gasteiger partial charge on any atom is 0.218 e. The second-order valence-corrected chi connectivity index (χ2v) is 4.09. The van der Waals surface area contributed by atoms with Crippen LogP contribution in [-0.4, -0.2) is 9.78 Å². The van der Waals surface area contributed by atoms with Gasteiger partial charge in [0.1, 0.15) is 23.1 Å². The smallest absolute Gasteiger partial charge is 0.218 e. The summed E-state index contributed by atoms with van der Waals surface area (Å²) < 4.78 is 28.8. The van der Waals surface area contributed by atoms with E-state index < -0.39 is 11.6 Å². The largest absolute Gasteiger partial charge is 0.619 e. The lowest BCUT2D eigenvalue weighted by Gasteiger charge is -2.04. The van der Waals surface area contributed by atoms with Crippen molar-refractivity contribution in [1.29, 1.82) is 5.26 Å². The van der Waals surface area contributed by atoms with Crippen molar-refractivity contribution in [3.63, 3.8) is 0 Å². The normalized spacial score (nSPS) is 10.7. The fourth-order valence-electron chi connectivity index (χ4n) is 1.97. The Kier molecular flexibility index (Phi) is 2.57. The van der Waals surface area contributed by atoms with E-state index in [0.29, 0.717) is 4.73 Å². The Morgan fingerprint density at radius 2 is 2.05 bits per heavy atom. The Labute approximate surface area is 111 Å². The van der Waals surface area contributed by atoms with Crippen LogP contribution in [0, 0.1) is 28.2 Å². The quantitative estimate of drug-likeness (QED) is 0.501. The fraction of sp³-hybridized carbons (Fsp3) is 0. The Hall–Kier alpha value is -3.01. The summed E-state index contributed by atoms with van der Waals surface area (Å²) in [6.45, 7) is 0. The number of nitriles is 1. The van der Waals surface area contributed by atoms with Gasteiger partial charge in [0.15, 0.2) is 6.20 Å². The molecule has 98 valence electrons. The zero-order valence-electron chi connectivity index (χ0n) is 9.92. The molecule has 1 aromatic carbocycles. The van der Waals surface area contributed by atoms with E-state index in [9.17, 15) is 14.0 Å². The third kappa shape index (κ3) is 1.75. The molecule has 7 heteroatoms. The van der Waals surface area contributed by atoms with Gasteiger partial charge in [0.05, 0.1) is 10.9 Å². The lowest BCUT2D eigenvalue weighted by atomic mass is 10.2. The Balaban J connectivity index is 2.32. The molecule has 0 aliphatic heterocycles. The molecule has 0 spiro atoms. The van der Waals surface area contributed by atoms with Crippen LogP contribution >= 0.6 is 0 Å². The predicted molar refractivity (Wildman–Crippen MR) is 64.7 cm³/mol. The summed E-state index contributed by atoms with van der Waals surface area (Å²) in [5, 5.41) is 24.3. The van der Waals surface area contributed by atoms with E-state index >= 15 is 0 Å². The number of hydrogen-bond donors (Lipinski definition) is 0. The van der Waals surface area contributed by atoms with Crippen LogP contribution in [0.3, 0.4) is 0 Å². The summed E-state index contributed by atoms with van der Waals surface area (Å²) >= 11 is 0. The molecule has 2 heterocycles. The first-order valence-corrected chi connectivity index (χ1v) is 5.57. The molecule has 2 aromatic heterocycles. The molecule has 3 aromatic rings. The number of aromatic nitrogens is 3. The van der Waals surface area contributed by atoms with Crippen molar-refractivity contribution in [2.75, 3.05) is 0 Å². The number of pyridine rings is 1. The van der Waals surface area contributed by atoms with Gasteiger partial charge in [-0.15, -0.1) is 0 Å². The Morgan fingerprint density at radius 1 is 1.25 bits per heavy atom. The molecule has 0 saturated heterocycles. The van der Waals surface area contributed by atoms with E-state index in [0.717, 1.165) is 17.1 Å². The summed E-state index contributed by atoms with van der Waals surface area (Å²) in [5.41, 5.74) is -0.0829. The van der Waals surface area contributed by atoms with Crippen LogP contribution < -0.4 is 4.73 Å². The maximum absolute atomic E-state index is 13.9. The highest BCUT2D eigenvalue weighted by Gasteiger charge is 2.16. The van der Waals surface area contributed by atoms with Gasteiger partial charge in [-0.05, 0) is 12.1 Å². The number of rotatable bonds is 1. The van der Waals surface area contributed by atoms with Crippen LogP contribution in [0.2, 0.25) is 0 Å². The minimum atomic E-state index is -0.814. The molecule has 20 heavy (non-hydrogen) atoms. The number of hydrogen-bond acceptors (Lipinski definition) is 3. The van der Waals surface area contributed by atoms with Crippen LogP contribution in [0.25, 0.3) is 16.6 Å². The van der Waals surface area contributed by atoms with Crippen LogP contribution in [0.15, 0.2) is 36.8 Å². The van der Waals surface area contributed by atoms with Gasteiger partial charge >= 0.3 is 0 Å². The van der Waals surface area contributed by atoms with Gasteiger partial charge in [0, 0.05) is 6.20 Å². The highest BCUT2D eigenvalue weighted by molar-refractivity contribution is 5.77. The molecule has 0 fully saturated rings. The minimum Gasteiger partial charge on any atom is -0.619 e. The molecule has 0 aliphatic carbocycles. The SMILES string of the molecule is N#Cc1cccc(F)c1-n1cc2c[n+]([O-])cc(F)c2n1. The van der Waals surface area contributed by atoms with Crippen LogP contribution in [0.1, 0.15) is 5.56 Å². The van der Waals surface area contributed by atoms with Gasteiger partial charge in [-0.1, -0.05) is 6.07 Å². The number of fused-ring (bicyclic) bond motifs is 1. The lowest BCUT2D eigenvalue weighted by Crippen LogP contribution is -2.24. The summed E-state index contributed by atoms with van der Waals surface area (Å²) in [4.78, 5) is 0. The number of nitrogens with zero attached hydrogens (tertiary/aromatic N) is 4. The van der Waals surface area contributed by atoms with Crippen molar-refractivity contribution in [2.45, 2.75) is 0 Å². The second kappa shape index (κ2) is 4.28.